The fourth-order valence-corrected chi connectivity index (χ4v) is 3.14. The van der Waals surface area contributed by atoms with Crippen LogP contribution in [0.2, 0.25) is 0 Å². The van der Waals surface area contributed by atoms with Crippen LogP contribution in [0.25, 0.3) is 0 Å². The molecule has 140 valence electrons. The minimum atomic E-state index is -0.487. The van der Waals surface area contributed by atoms with Gasteiger partial charge in [-0.2, -0.15) is 0 Å². The van der Waals surface area contributed by atoms with Gasteiger partial charge in [-0.3, -0.25) is 4.79 Å². The average molecular weight is 348 g/mol. The molecule has 1 amide bonds. The van der Waals surface area contributed by atoms with Crippen molar-refractivity contribution in [3.05, 3.63) is 23.8 Å². The summed E-state index contributed by atoms with van der Waals surface area (Å²) in [4.78, 5) is 12.3. The van der Waals surface area contributed by atoms with Crippen LogP contribution in [0.15, 0.2) is 18.2 Å². The number of benzene rings is 1. The number of nitrogens with two attached hydrogens (primary N) is 1. The van der Waals surface area contributed by atoms with Crippen molar-refractivity contribution >= 4 is 5.91 Å². The molecule has 5 heteroatoms. The van der Waals surface area contributed by atoms with Gasteiger partial charge in [0.2, 0.25) is 5.91 Å². The maximum atomic E-state index is 12.3. The number of ether oxygens (including phenoxy) is 2. The number of rotatable bonds is 8. The molecule has 0 spiro atoms. The summed E-state index contributed by atoms with van der Waals surface area (Å²) in [6, 6.07) is 5.22. The van der Waals surface area contributed by atoms with Crippen molar-refractivity contribution in [3.63, 3.8) is 0 Å². The van der Waals surface area contributed by atoms with Crippen molar-refractivity contribution in [2.24, 2.45) is 11.7 Å². The van der Waals surface area contributed by atoms with E-state index in [0.717, 1.165) is 30.6 Å². The van der Waals surface area contributed by atoms with E-state index in [9.17, 15) is 4.79 Å². The van der Waals surface area contributed by atoms with Gasteiger partial charge in [0.15, 0.2) is 11.5 Å². The molecule has 1 aromatic rings. The smallest absolute Gasteiger partial charge is 0.237 e. The summed E-state index contributed by atoms with van der Waals surface area (Å²) < 4.78 is 11.6. The predicted molar refractivity (Wildman–Crippen MR) is 99.9 cm³/mol. The van der Waals surface area contributed by atoms with Crippen molar-refractivity contribution in [1.82, 2.24) is 5.32 Å². The van der Waals surface area contributed by atoms with Gasteiger partial charge in [0, 0.05) is 0 Å². The number of methoxy groups -OCH3 is 1. The van der Waals surface area contributed by atoms with Gasteiger partial charge in [-0.05, 0) is 56.2 Å². The molecule has 1 saturated carbocycles. The van der Waals surface area contributed by atoms with Gasteiger partial charge in [0.25, 0.3) is 0 Å². The van der Waals surface area contributed by atoms with Gasteiger partial charge < -0.3 is 20.5 Å². The van der Waals surface area contributed by atoms with Crippen LogP contribution in [0.3, 0.4) is 0 Å². The highest BCUT2D eigenvalue weighted by Crippen LogP contribution is 2.33. The van der Waals surface area contributed by atoms with E-state index in [1.54, 1.807) is 7.11 Å². The molecule has 5 nitrogen and oxygen atoms in total. The molecule has 3 unspecified atom stereocenters. The molecular weight excluding hydrogens is 316 g/mol. The molecule has 0 saturated heterocycles. The second kappa shape index (κ2) is 9.09. The van der Waals surface area contributed by atoms with E-state index in [2.05, 4.69) is 5.32 Å². The molecule has 1 aromatic carbocycles. The Morgan fingerprint density at radius 1 is 1.28 bits per heavy atom. The first kappa shape index (κ1) is 19.6. The molecule has 2 rings (SSSR count). The fraction of sp³-hybridized carbons (Fsp3) is 0.650. The second-order valence-corrected chi connectivity index (χ2v) is 7.08. The molecule has 25 heavy (non-hydrogen) atoms. The molecule has 1 fully saturated rings. The van der Waals surface area contributed by atoms with Crippen molar-refractivity contribution in [2.45, 2.75) is 71.1 Å². The Morgan fingerprint density at radius 3 is 2.56 bits per heavy atom. The maximum absolute atomic E-state index is 12.3. The summed E-state index contributed by atoms with van der Waals surface area (Å²) in [6.45, 7) is 5.98. The SMILES string of the molecule is CCC(C)C(N)C(=O)NC(C)c1ccc(OC2CCCC2)c(OC)c1. The summed E-state index contributed by atoms with van der Waals surface area (Å²) in [7, 11) is 1.64. The molecule has 0 heterocycles. The lowest BCUT2D eigenvalue weighted by Crippen LogP contribution is -2.45. The number of carbonyl (C=O) groups is 1. The zero-order valence-corrected chi connectivity index (χ0v) is 15.9. The molecule has 3 N–H and O–H groups in total. The summed E-state index contributed by atoms with van der Waals surface area (Å²) in [5.74, 6) is 1.51. The Bertz CT molecular complexity index is 570. The fourth-order valence-electron chi connectivity index (χ4n) is 3.14. The van der Waals surface area contributed by atoms with Crippen molar-refractivity contribution < 1.29 is 14.3 Å². The predicted octanol–water partition coefficient (Wildman–Crippen LogP) is 3.57. The Morgan fingerprint density at radius 2 is 1.96 bits per heavy atom. The highest BCUT2D eigenvalue weighted by Gasteiger charge is 2.22. The maximum Gasteiger partial charge on any atom is 0.237 e. The Hall–Kier alpha value is -1.75. The van der Waals surface area contributed by atoms with Gasteiger partial charge >= 0.3 is 0 Å². The average Bonchev–Trinajstić information content (AvgIpc) is 3.13. The first-order valence-electron chi connectivity index (χ1n) is 9.36. The van der Waals surface area contributed by atoms with Crippen LogP contribution >= 0.6 is 0 Å². The molecule has 0 aliphatic heterocycles. The molecule has 1 aliphatic rings. The largest absolute Gasteiger partial charge is 0.493 e. The van der Waals surface area contributed by atoms with Crippen molar-refractivity contribution in [1.29, 1.82) is 0 Å². The van der Waals surface area contributed by atoms with Crippen LogP contribution in [0.5, 0.6) is 11.5 Å². The quantitative estimate of drug-likeness (QED) is 0.753. The lowest BCUT2D eigenvalue weighted by atomic mass is 9.98. The normalized spacial score (nSPS) is 18.4. The zero-order chi connectivity index (χ0) is 18.4. The molecule has 0 bridgehead atoms. The Balaban J connectivity index is 2.04. The van der Waals surface area contributed by atoms with Crippen LogP contribution < -0.4 is 20.5 Å². The van der Waals surface area contributed by atoms with Crippen LogP contribution in [-0.2, 0) is 4.79 Å². The Labute approximate surface area is 151 Å². The zero-order valence-electron chi connectivity index (χ0n) is 15.9. The van der Waals surface area contributed by atoms with E-state index in [-0.39, 0.29) is 24.0 Å². The van der Waals surface area contributed by atoms with E-state index in [0.29, 0.717) is 5.75 Å². The van der Waals surface area contributed by atoms with E-state index >= 15 is 0 Å². The number of nitrogens with one attached hydrogen (secondary N) is 1. The topological polar surface area (TPSA) is 73.6 Å². The number of carbonyl (C=O) groups excluding carboxylic acids is 1. The standard InChI is InChI=1S/C20H32N2O3/c1-5-13(2)19(21)20(23)22-14(3)15-10-11-17(18(12-15)24-4)25-16-8-6-7-9-16/h10-14,16,19H,5-9,21H2,1-4H3,(H,22,23). The third-order valence-corrected chi connectivity index (χ3v) is 5.20. The molecule has 3 atom stereocenters. The molecule has 0 radical (unpaired) electrons. The third kappa shape index (κ3) is 5.11. The first-order valence-corrected chi connectivity index (χ1v) is 9.36. The minimum Gasteiger partial charge on any atom is -0.493 e. The minimum absolute atomic E-state index is 0.118. The van der Waals surface area contributed by atoms with Gasteiger partial charge in [-0.25, -0.2) is 0 Å². The molecular formula is C20H32N2O3. The van der Waals surface area contributed by atoms with Gasteiger partial charge in [-0.1, -0.05) is 26.3 Å². The van der Waals surface area contributed by atoms with Gasteiger partial charge in [0.1, 0.15) is 0 Å². The van der Waals surface area contributed by atoms with Crippen molar-refractivity contribution in [2.75, 3.05) is 7.11 Å². The highest BCUT2D eigenvalue weighted by molar-refractivity contribution is 5.82. The Kier molecular flexibility index (Phi) is 7.12. The van der Waals surface area contributed by atoms with E-state index in [1.807, 2.05) is 39.0 Å². The van der Waals surface area contributed by atoms with Gasteiger partial charge in [-0.15, -0.1) is 0 Å². The summed E-state index contributed by atoms with van der Waals surface area (Å²) in [5, 5.41) is 2.99. The van der Waals surface area contributed by atoms with Crippen LogP contribution in [0.1, 0.15) is 64.5 Å². The number of amides is 1. The van der Waals surface area contributed by atoms with E-state index in [1.165, 1.54) is 12.8 Å². The van der Waals surface area contributed by atoms with Crippen LogP contribution in [0, 0.1) is 5.92 Å². The molecule has 1 aliphatic carbocycles. The summed E-state index contributed by atoms with van der Waals surface area (Å²) in [5.41, 5.74) is 6.98. The summed E-state index contributed by atoms with van der Waals surface area (Å²) in [6.07, 6.45) is 5.82. The third-order valence-electron chi connectivity index (χ3n) is 5.20. The second-order valence-electron chi connectivity index (χ2n) is 7.08. The van der Waals surface area contributed by atoms with Crippen LogP contribution in [0.4, 0.5) is 0 Å². The lowest BCUT2D eigenvalue weighted by Gasteiger charge is -2.22. The van der Waals surface area contributed by atoms with E-state index in [4.69, 9.17) is 15.2 Å². The van der Waals surface area contributed by atoms with Crippen molar-refractivity contribution in [3.8, 4) is 11.5 Å². The summed E-state index contributed by atoms with van der Waals surface area (Å²) >= 11 is 0. The lowest BCUT2D eigenvalue weighted by molar-refractivity contribution is -0.124. The highest BCUT2D eigenvalue weighted by atomic mass is 16.5. The monoisotopic (exact) mass is 348 g/mol. The molecule has 0 aromatic heterocycles. The van der Waals surface area contributed by atoms with Crippen LogP contribution in [-0.4, -0.2) is 25.2 Å². The number of hydrogen-bond donors (Lipinski definition) is 2. The first-order chi connectivity index (χ1) is 12.0. The number of hydrogen-bond acceptors (Lipinski definition) is 4. The van der Waals surface area contributed by atoms with E-state index < -0.39 is 6.04 Å². The van der Waals surface area contributed by atoms with Gasteiger partial charge in [0.05, 0.1) is 25.3 Å².